The van der Waals surface area contributed by atoms with Gasteiger partial charge in [0.2, 0.25) is 0 Å². The average Bonchev–Trinajstić information content (AvgIpc) is 2.17. The summed E-state index contributed by atoms with van der Waals surface area (Å²) in [6.07, 6.45) is 2.61. The van der Waals surface area contributed by atoms with Crippen LogP contribution in [0.4, 0.5) is 0 Å². The lowest BCUT2D eigenvalue weighted by Gasteiger charge is -2.14. The molecule has 0 aromatic carbocycles. The number of aromatic nitrogens is 2. The molecule has 12 heavy (non-hydrogen) atoms. The largest absolute Gasteiger partial charge is 0.375 e. The van der Waals surface area contributed by atoms with E-state index in [0.717, 1.165) is 30.1 Å². The summed E-state index contributed by atoms with van der Waals surface area (Å²) in [5.41, 5.74) is 8.27. The number of hydrogen-bond donors (Lipinski definition) is 1. The van der Waals surface area contributed by atoms with Gasteiger partial charge < -0.3 is 10.5 Å². The highest BCUT2D eigenvalue weighted by Gasteiger charge is 2.11. The SMILES string of the molecule is NCc1cnc2c(n1)COCC2. The van der Waals surface area contributed by atoms with Crippen molar-refractivity contribution in [3.8, 4) is 0 Å². The van der Waals surface area contributed by atoms with E-state index < -0.39 is 0 Å². The minimum atomic E-state index is 0.445. The Labute approximate surface area is 70.8 Å². The topological polar surface area (TPSA) is 61.0 Å². The molecule has 0 radical (unpaired) electrons. The number of nitrogens with two attached hydrogens (primary N) is 1. The molecule has 0 unspecified atom stereocenters. The summed E-state index contributed by atoms with van der Waals surface area (Å²) in [6, 6.07) is 0. The van der Waals surface area contributed by atoms with E-state index in [2.05, 4.69) is 9.97 Å². The molecule has 0 atom stereocenters. The molecular weight excluding hydrogens is 154 g/mol. The third-order valence-electron chi connectivity index (χ3n) is 1.91. The van der Waals surface area contributed by atoms with Gasteiger partial charge in [0, 0.05) is 13.0 Å². The summed E-state index contributed by atoms with van der Waals surface area (Å²) in [7, 11) is 0. The van der Waals surface area contributed by atoms with E-state index in [1.807, 2.05) is 0 Å². The van der Waals surface area contributed by atoms with Crippen LogP contribution in [0.15, 0.2) is 6.20 Å². The molecule has 0 fully saturated rings. The molecule has 64 valence electrons. The van der Waals surface area contributed by atoms with Gasteiger partial charge in [0.25, 0.3) is 0 Å². The van der Waals surface area contributed by atoms with Crippen LogP contribution in [0.3, 0.4) is 0 Å². The smallest absolute Gasteiger partial charge is 0.0906 e. The van der Waals surface area contributed by atoms with E-state index in [1.165, 1.54) is 0 Å². The fraction of sp³-hybridized carbons (Fsp3) is 0.500. The number of hydrogen-bond acceptors (Lipinski definition) is 4. The van der Waals surface area contributed by atoms with E-state index in [-0.39, 0.29) is 0 Å². The Kier molecular flexibility index (Phi) is 2.01. The predicted octanol–water partition coefficient (Wildman–Crippen LogP) is 0.00800. The van der Waals surface area contributed by atoms with Crippen LogP contribution in [0.5, 0.6) is 0 Å². The van der Waals surface area contributed by atoms with Gasteiger partial charge in [-0.3, -0.25) is 9.97 Å². The van der Waals surface area contributed by atoms with Crippen molar-refractivity contribution in [2.24, 2.45) is 5.73 Å². The molecule has 2 N–H and O–H groups in total. The molecule has 1 aliphatic rings. The first kappa shape index (κ1) is 7.64. The van der Waals surface area contributed by atoms with Crippen LogP contribution < -0.4 is 5.73 Å². The zero-order valence-corrected chi connectivity index (χ0v) is 6.79. The molecule has 2 rings (SSSR count). The number of ether oxygens (including phenoxy) is 1. The van der Waals surface area contributed by atoms with Crippen LogP contribution >= 0.6 is 0 Å². The van der Waals surface area contributed by atoms with Crippen molar-refractivity contribution < 1.29 is 4.74 Å². The van der Waals surface area contributed by atoms with E-state index in [9.17, 15) is 0 Å². The number of rotatable bonds is 1. The number of nitrogens with zero attached hydrogens (tertiary/aromatic N) is 2. The fourth-order valence-corrected chi connectivity index (χ4v) is 1.25. The van der Waals surface area contributed by atoms with Crippen molar-refractivity contribution in [2.45, 2.75) is 19.6 Å². The Morgan fingerprint density at radius 2 is 2.42 bits per heavy atom. The van der Waals surface area contributed by atoms with Crippen LogP contribution in [0, 0.1) is 0 Å². The summed E-state index contributed by atoms with van der Waals surface area (Å²) in [5.74, 6) is 0. The van der Waals surface area contributed by atoms with Crippen LogP contribution in [-0.4, -0.2) is 16.6 Å². The van der Waals surface area contributed by atoms with Gasteiger partial charge in [-0.1, -0.05) is 0 Å². The highest BCUT2D eigenvalue weighted by Crippen LogP contribution is 2.11. The van der Waals surface area contributed by atoms with E-state index >= 15 is 0 Å². The summed E-state index contributed by atoms with van der Waals surface area (Å²) < 4.78 is 5.25. The molecule has 2 heterocycles. The average molecular weight is 165 g/mol. The zero-order chi connectivity index (χ0) is 8.39. The van der Waals surface area contributed by atoms with Crippen LogP contribution in [0.1, 0.15) is 17.1 Å². The van der Waals surface area contributed by atoms with Crippen LogP contribution in [0.25, 0.3) is 0 Å². The molecular formula is C8H11N3O. The van der Waals surface area contributed by atoms with Gasteiger partial charge in [-0.05, 0) is 0 Å². The van der Waals surface area contributed by atoms with Gasteiger partial charge in [-0.25, -0.2) is 0 Å². The third-order valence-corrected chi connectivity index (χ3v) is 1.91. The van der Waals surface area contributed by atoms with Crippen LogP contribution in [0.2, 0.25) is 0 Å². The molecule has 0 bridgehead atoms. The quantitative estimate of drug-likeness (QED) is 0.636. The molecule has 4 heteroatoms. The Hall–Kier alpha value is -1.00. The standard InChI is InChI=1S/C8H11N3O/c9-3-6-4-10-7-1-2-12-5-8(7)11-6/h4H,1-3,5,9H2. The molecule has 0 aliphatic carbocycles. The van der Waals surface area contributed by atoms with Crippen molar-refractivity contribution in [3.05, 3.63) is 23.3 Å². The predicted molar refractivity (Wildman–Crippen MR) is 43.3 cm³/mol. The van der Waals surface area contributed by atoms with Gasteiger partial charge >= 0.3 is 0 Å². The summed E-state index contributed by atoms with van der Waals surface area (Å²) in [5, 5.41) is 0. The summed E-state index contributed by atoms with van der Waals surface area (Å²) >= 11 is 0. The Morgan fingerprint density at radius 1 is 1.50 bits per heavy atom. The minimum Gasteiger partial charge on any atom is -0.375 e. The fourth-order valence-electron chi connectivity index (χ4n) is 1.25. The van der Waals surface area contributed by atoms with Gasteiger partial charge in [-0.2, -0.15) is 0 Å². The Balaban J connectivity index is 2.36. The first-order valence-corrected chi connectivity index (χ1v) is 4.01. The van der Waals surface area contributed by atoms with Crippen molar-refractivity contribution in [1.29, 1.82) is 0 Å². The lowest BCUT2D eigenvalue weighted by atomic mass is 10.2. The van der Waals surface area contributed by atoms with E-state index in [1.54, 1.807) is 6.20 Å². The first-order valence-electron chi connectivity index (χ1n) is 4.01. The maximum atomic E-state index is 5.44. The zero-order valence-electron chi connectivity index (χ0n) is 6.79. The van der Waals surface area contributed by atoms with Crippen molar-refractivity contribution in [1.82, 2.24) is 9.97 Å². The first-order chi connectivity index (χ1) is 5.90. The van der Waals surface area contributed by atoms with Crippen LogP contribution in [-0.2, 0) is 24.3 Å². The normalized spacial score (nSPS) is 15.8. The highest BCUT2D eigenvalue weighted by atomic mass is 16.5. The maximum Gasteiger partial charge on any atom is 0.0906 e. The van der Waals surface area contributed by atoms with Crippen molar-refractivity contribution in [3.63, 3.8) is 0 Å². The minimum absolute atomic E-state index is 0.445. The highest BCUT2D eigenvalue weighted by molar-refractivity contribution is 5.15. The molecule has 0 spiro atoms. The number of fused-ring (bicyclic) bond motifs is 1. The van der Waals surface area contributed by atoms with Gasteiger partial charge in [0.1, 0.15) is 0 Å². The second-order valence-corrected chi connectivity index (χ2v) is 2.76. The molecule has 0 amide bonds. The summed E-state index contributed by atoms with van der Waals surface area (Å²) in [4.78, 5) is 8.59. The molecule has 4 nitrogen and oxygen atoms in total. The maximum absolute atomic E-state index is 5.44. The molecule has 1 aromatic heterocycles. The third kappa shape index (κ3) is 1.31. The van der Waals surface area contributed by atoms with E-state index in [4.69, 9.17) is 10.5 Å². The Bertz CT molecular complexity index is 288. The lowest BCUT2D eigenvalue weighted by Crippen LogP contribution is -2.15. The Morgan fingerprint density at radius 3 is 3.25 bits per heavy atom. The molecule has 1 aliphatic heterocycles. The molecule has 0 saturated heterocycles. The van der Waals surface area contributed by atoms with Gasteiger partial charge in [0.05, 0.1) is 36.5 Å². The van der Waals surface area contributed by atoms with Gasteiger partial charge in [0.15, 0.2) is 0 Å². The lowest BCUT2D eigenvalue weighted by molar-refractivity contribution is 0.105. The second-order valence-electron chi connectivity index (χ2n) is 2.76. The van der Waals surface area contributed by atoms with Crippen molar-refractivity contribution in [2.75, 3.05) is 6.61 Å². The molecule has 0 saturated carbocycles. The molecule has 1 aromatic rings. The second kappa shape index (κ2) is 3.16. The van der Waals surface area contributed by atoms with E-state index in [0.29, 0.717) is 13.2 Å². The monoisotopic (exact) mass is 165 g/mol. The van der Waals surface area contributed by atoms with Crippen molar-refractivity contribution >= 4 is 0 Å². The van der Waals surface area contributed by atoms with Gasteiger partial charge in [-0.15, -0.1) is 0 Å². The summed E-state index contributed by atoms with van der Waals surface area (Å²) in [6.45, 7) is 1.78.